The van der Waals surface area contributed by atoms with Crippen LogP contribution in [0.25, 0.3) is 10.4 Å². The first-order chi connectivity index (χ1) is 7.15. The van der Waals surface area contributed by atoms with Gasteiger partial charge < -0.3 is 5.11 Å². The molecule has 0 fully saturated rings. The predicted molar refractivity (Wildman–Crippen MR) is 54.0 cm³/mol. The van der Waals surface area contributed by atoms with E-state index in [2.05, 4.69) is 21.9 Å². The topological polar surface area (TPSA) is 69.0 Å². The highest BCUT2D eigenvalue weighted by Crippen LogP contribution is 2.24. The monoisotopic (exact) mass is 225 g/mol. The Bertz CT molecular complexity index is 486. The molecule has 0 unspecified atom stereocenters. The van der Waals surface area contributed by atoms with Gasteiger partial charge in [0.1, 0.15) is 0 Å². The molecule has 0 aliphatic carbocycles. The predicted octanol–water partition coefficient (Wildman–Crippen LogP) is 2.85. The third kappa shape index (κ3) is 3.06. The summed E-state index contributed by atoms with van der Waals surface area (Å²) < 4.78 is 12.9. The van der Waals surface area contributed by atoms with Crippen molar-refractivity contribution in [1.29, 1.82) is 0 Å². The molecule has 1 rings (SSSR count). The first kappa shape index (κ1) is 11.2. The number of halogens is 2. The molecular formula is C9H5ClFN3O. The van der Waals surface area contributed by atoms with E-state index in [9.17, 15) is 9.50 Å². The smallest absolute Gasteiger partial charge is 0.167 e. The van der Waals surface area contributed by atoms with Gasteiger partial charge in [0.25, 0.3) is 0 Å². The summed E-state index contributed by atoms with van der Waals surface area (Å²) in [5.41, 5.74) is 8.03. The van der Waals surface area contributed by atoms with Crippen LogP contribution in [0, 0.1) is 17.7 Å². The molecule has 0 radical (unpaired) electrons. The number of azide groups is 1. The average molecular weight is 226 g/mol. The highest BCUT2D eigenvalue weighted by molar-refractivity contribution is 6.30. The van der Waals surface area contributed by atoms with Crippen LogP contribution in [-0.2, 0) is 0 Å². The van der Waals surface area contributed by atoms with E-state index < -0.39 is 11.6 Å². The Kier molecular flexibility index (Phi) is 3.81. The molecule has 0 aromatic heterocycles. The Morgan fingerprint density at radius 3 is 3.00 bits per heavy atom. The maximum Gasteiger partial charge on any atom is 0.167 e. The molecule has 0 spiro atoms. The zero-order valence-corrected chi connectivity index (χ0v) is 8.16. The molecule has 0 atom stereocenters. The molecule has 0 heterocycles. The fraction of sp³-hybridized carbons (Fsp3) is 0.111. The summed E-state index contributed by atoms with van der Waals surface area (Å²) in [5.74, 6) is 3.48. The summed E-state index contributed by atoms with van der Waals surface area (Å²) in [5, 5.41) is 12.5. The molecule has 4 nitrogen and oxygen atoms in total. The minimum atomic E-state index is -0.837. The van der Waals surface area contributed by atoms with Crippen LogP contribution >= 0.6 is 11.6 Å². The molecule has 15 heavy (non-hydrogen) atoms. The van der Waals surface area contributed by atoms with Gasteiger partial charge >= 0.3 is 0 Å². The highest BCUT2D eigenvalue weighted by atomic mass is 35.5. The lowest BCUT2D eigenvalue weighted by Gasteiger charge is -1.98. The Hall–Kier alpha value is -1.89. The minimum Gasteiger partial charge on any atom is -0.504 e. The van der Waals surface area contributed by atoms with E-state index in [0.717, 1.165) is 6.07 Å². The van der Waals surface area contributed by atoms with Gasteiger partial charge in [0, 0.05) is 9.93 Å². The second kappa shape index (κ2) is 5.11. The molecule has 1 aromatic carbocycles. The van der Waals surface area contributed by atoms with E-state index in [-0.39, 0.29) is 17.1 Å². The number of aromatic hydroxyl groups is 1. The normalized spacial score (nSPS) is 8.67. The zero-order valence-electron chi connectivity index (χ0n) is 7.41. The van der Waals surface area contributed by atoms with Crippen molar-refractivity contribution in [3.8, 4) is 17.6 Å². The van der Waals surface area contributed by atoms with E-state index in [1.54, 1.807) is 0 Å². The highest BCUT2D eigenvalue weighted by Gasteiger charge is 2.06. The Labute approximate surface area is 89.9 Å². The van der Waals surface area contributed by atoms with Crippen LogP contribution in [0.2, 0.25) is 5.02 Å². The van der Waals surface area contributed by atoms with Gasteiger partial charge in [-0.3, -0.25) is 0 Å². The van der Waals surface area contributed by atoms with Crippen molar-refractivity contribution in [2.45, 2.75) is 0 Å². The fourth-order valence-corrected chi connectivity index (χ4v) is 1.07. The first-order valence-corrected chi connectivity index (χ1v) is 4.20. The van der Waals surface area contributed by atoms with E-state index in [4.69, 9.17) is 17.1 Å². The minimum absolute atomic E-state index is 0.0515. The maximum atomic E-state index is 12.9. The van der Waals surface area contributed by atoms with Crippen molar-refractivity contribution >= 4 is 11.6 Å². The molecule has 1 N–H and O–H groups in total. The third-order valence-electron chi connectivity index (χ3n) is 1.46. The molecule has 0 amide bonds. The quantitative estimate of drug-likeness (QED) is 0.340. The van der Waals surface area contributed by atoms with E-state index in [1.807, 2.05) is 0 Å². The van der Waals surface area contributed by atoms with Gasteiger partial charge in [0.15, 0.2) is 11.6 Å². The third-order valence-corrected chi connectivity index (χ3v) is 1.68. The summed E-state index contributed by atoms with van der Waals surface area (Å²) in [4.78, 5) is 2.48. The van der Waals surface area contributed by atoms with Crippen LogP contribution in [-0.4, -0.2) is 11.7 Å². The van der Waals surface area contributed by atoms with Crippen LogP contribution in [0.1, 0.15) is 5.56 Å². The van der Waals surface area contributed by atoms with Crippen molar-refractivity contribution in [3.63, 3.8) is 0 Å². The first-order valence-electron chi connectivity index (χ1n) is 3.83. The molecule has 1 aromatic rings. The van der Waals surface area contributed by atoms with Gasteiger partial charge in [0.2, 0.25) is 0 Å². The molecule has 0 saturated heterocycles. The Balaban J connectivity index is 3.02. The van der Waals surface area contributed by atoms with Crippen molar-refractivity contribution in [3.05, 3.63) is 39.0 Å². The number of hydrogen-bond acceptors (Lipinski definition) is 2. The van der Waals surface area contributed by atoms with Gasteiger partial charge in [0.05, 0.1) is 12.1 Å². The lowest BCUT2D eigenvalue weighted by Crippen LogP contribution is -1.83. The van der Waals surface area contributed by atoms with Crippen LogP contribution < -0.4 is 0 Å². The standard InChI is InChI=1S/C9H5ClFN3O/c10-7-4-6(2-1-3-13-14-12)9(15)8(11)5-7/h4-5,15H,3H2. The zero-order chi connectivity index (χ0) is 11.3. The Morgan fingerprint density at radius 1 is 1.60 bits per heavy atom. The largest absolute Gasteiger partial charge is 0.504 e. The lowest BCUT2D eigenvalue weighted by molar-refractivity contribution is 0.431. The summed E-state index contributed by atoms with van der Waals surface area (Å²) >= 11 is 5.56. The number of nitrogens with zero attached hydrogens (tertiary/aromatic N) is 3. The second-order valence-corrected chi connectivity index (χ2v) is 2.91. The molecular weight excluding hydrogens is 221 g/mol. The van der Waals surface area contributed by atoms with Gasteiger partial charge in [-0.2, -0.15) is 0 Å². The fourth-order valence-electron chi connectivity index (χ4n) is 0.863. The summed E-state index contributed by atoms with van der Waals surface area (Å²) in [6.07, 6.45) is 0. The van der Waals surface area contributed by atoms with Gasteiger partial charge in [-0.25, -0.2) is 4.39 Å². The van der Waals surface area contributed by atoms with Crippen LogP contribution in [0.4, 0.5) is 4.39 Å². The summed E-state index contributed by atoms with van der Waals surface area (Å²) in [7, 11) is 0. The van der Waals surface area contributed by atoms with Gasteiger partial charge in [-0.1, -0.05) is 28.6 Å². The van der Waals surface area contributed by atoms with Crippen LogP contribution in [0.3, 0.4) is 0 Å². The van der Waals surface area contributed by atoms with Gasteiger partial charge in [-0.05, 0) is 17.7 Å². The molecule has 6 heteroatoms. The second-order valence-electron chi connectivity index (χ2n) is 2.47. The molecule has 0 aliphatic rings. The van der Waals surface area contributed by atoms with E-state index in [1.165, 1.54) is 6.07 Å². The van der Waals surface area contributed by atoms with E-state index in [0.29, 0.717) is 0 Å². The number of benzene rings is 1. The van der Waals surface area contributed by atoms with E-state index >= 15 is 0 Å². The molecule has 0 saturated carbocycles. The number of phenolic OH excluding ortho intramolecular Hbond substituents is 1. The number of rotatable bonds is 1. The maximum absolute atomic E-state index is 12.9. The van der Waals surface area contributed by atoms with Crippen molar-refractivity contribution in [2.75, 3.05) is 6.54 Å². The van der Waals surface area contributed by atoms with Gasteiger partial charge in [-0.15, -0.1) is 0 Å². The molecule has 0 bridgehead atoms. The average Bonchev–Trinajstić information content (AvgIpc) is 2.19. The SMILES string of the molecule is [N-]=[N+]=NCC#Cc1cc(Cl)cc(F)c1O. The lowest BCUT2D eigenvalue weighted by atomic mass is 10.2. The van der Waals surface area contributed by atoms with Crippen molar-refractivity contribution in [1.82, 2.24) is 0 Å². The molecule has 76 valence electrons. The van der Waals surface area contributed by atoms with Crippen molar-refractivity contribution in [2.24, 2.45) is 5.11 Å². The number of hydrogen-bond donors (Lipinski definition) is 1. The molecule has 0 aliphatic heterocycles. The summed E-state index contributed by atoms with van der Waals surface area (Å²) in [6.45, 7) is -0.0515. The van der Waals surface area contributed by atoms with Crippen LogP contribution in [0.15, 0.2) is 17.2 Å². The summed E-state index contributed by atoms with van der Waals surface area (Å²) in [6, 6.07) is 2.30. The van der Waals surface area contributed by atoms with Crippen molar-refractivity contribution < 1.29 is 9.50 Å². The van der Waals surface area contributed by atoms with Crippen LogP contribution in [0.5, 0.6) is 5.75 Å². The number of phenols is 1. The Morgan fingerprint density at radius 2 is 2.33 bits per heavy atom.